The lowest BCUT2D eigenvalue weighted by atomic mass is 9.76. The molecule has 1 aliphatic rings. The van der Waals surface area contributed by atoms with Crippen LogP contribution in [0.25, 0.3) is 0 Å². The standard InChI is InChI=1S/C13H20N4O/c1-13(5-3-2-4-6-13)9-17-12(18)10-7-16-11(14)8-15-10/h7-8H,2-6,9H2,1H3,(H2,14,16)(H,17,18). The Bertz CT molecular complexity index is 410. The Labute approximate surface area is 107 Å². The van der Waals surface area contributed by atoms with Gasteiger partial charge in [0.05, 0.1) is 12.4 Å². The Kier molecular flexibility index (Phi) is 3.79. The maximum atomic E-state index is 11.9. The van der Waals surface area contributed by atoms with Crippen LogP contribution < -0.4 is 11.1 Å². The molecule has 0 aliphatic heterocycles. The molecule has 1 heterocycles. The van der Waals surface area contributed by atoms with Crippen molar-refractivity contribution in [2.75, 3.05) is 12.3 Å². The van der Waals surface area contributed by atoms with E-state index in [9.17, 15) is 4.79 Å². The molecule has 0 spiro atoms. The van der Waals surface area contributed by atoms with Gasteiger partial charge < -0.3 is 11.1 Å². The van der Waals surface area contributed by atoms with Crippen molar-refractivity contribution in [2.45, 2.75) is 39.0 Å². The molecule has 0 atom stereocenters. The van der Waals surface area contributed by atoms with Crippen LogP contribution in [0.3, 0.4) is 0 Å². The van der Waals surface area contributed by atoms with E-state index in [1.54, 1.807) is 0 Å². The highest BCUT2D eigenvalue weighted by Gasteiger charge is 2.27. The second-order valence-corrected chi connectivity index (χ2v) is 5.38. The molecule has 18 heavy (non-hydrogen) atoms. The van der Waals surface area contributed by atoms with Gasteiger partial charge in [-0.2, -0.15) is 0 Å². The second-order valence-electron chi connectivity index (χ2n) is 5.38. The SMILES string of the molecule is CC1(CNC(=O)c2cnc(N)cn2)CCCCC1. The third-order valence-corrected chi connectivity index (χ3v) is 3.64. The second kappa shape index (κ2) is 5.33. The summed E-state index contributed by atoms with van der Waals surface area (Å²) in [5, 5.41) is 2.95. The van der Waals surface area contributed by atoms with Gasteiger partial charge in [-0.15, -0.1) is 0 Å². The Morgan fingerprint density at radius 3 is 2.67 bits per heavy atom. The number of aromatic nitrogens is 2. The van der Waals surface area contributed by atoms with E-state index in [2.05, 4.69) is 22.2 Å². The monoisotopic (exact) mass is 248 g/mol. The van der Waals surface area contributed by atoms with Crippen LogP contribution in [-0.2, 0) is 0 Å². The van der Waals surface area contributed by atoms with E-state index < -0.39 is 0 Å². The highest BCUT2D eigenvalue weighted by atomic mass is 16.1. The first kappa shape index (κ1) is 12.8. The molecular formula is C13H20N4O. The molecule has 98 valence electrons. The average molecular weight is 248 g/mol. The molecule has 0 bridgehead atoms. The lowest BCUT2D eigenvalue weighted by Crippen LogP contribution is -2.37. The Morgan fingerprint density at radius 2 is 2.06 bits per heavy atom. The predicted octanol–water partition coefficient (Wildman–Crippen LogP) is 1.76. The highest BCUT2D eigenvalue weighted by Crippen LogP contribution is 2.34. The number of hydrogen-bond donors (Lipinski definition) is 2. The molecule has 0 radical (unpaired) electrons. The first-order valence-electron chi connectivity index (χ1n) is 6.45. The number of nitrogens with two attached hydrogens (primary N) is 1. The minimum Gasteiger partial charge on any atom is -0.382 e. The fraction of sp³-hybridized carbons (Fsp3) is 0.615. The summed E-state index contributed by atoms with van der Waals surface area (Å²) >= 11 is 0. The fourth-order valence-electron chi connectivity index (χ4n) is 2.42. The molecule has 1 aromatic rings. The van der Waals surface area contributed by atoms with Gasteiger partial charge in [-0.05, 0) is 18.3 Å². The minimum absolute atomic E-state index is 0.172. The molecule has 1 saturated carbocycles. The van der Waals surface area contributed by atoms with Gasteiger partial charge in [0.2, 0.25) is 0 Å². The molecule has 0 unspecified atom stereocenters. The van der Waals surface area contributed by atoms with E-state index in [4.69, 9.17) is 5.73 Å². The van der Waals surface area contributed by atoms with Crippen LogP contribution in [-0.4, -0.2) is 22.4 Å². The first-order chi connectivity index (χ1) is 8.59. The summed E-state index contributed by atoms with van der Waals surface area (Å²) in [4.78, 5) is 19.7. The number of amides is 1. The summed E-state index contributed by atoms with van der Waals surface area (Å²) in [5.74, 6) is 0.153. The molecule has 2 rings (SSSR count). The van der Waals surface area contributed by atoms with Crippen LogP contribution >= 0.6 is 0 Å². The van der Waals surface area contributed by atoms with Gasteiger partial charge in [-0.25, -0.2) is 9.97 Å². The van der Waals surface area contributed by atoms with Crippen molar-refractivity contribution in [3.8, 4) is 0 Å². The molecule has 1 aromatic heterocycles. The third kappa shape index (κ3) is 3.18. The van der Waals surface area contributed by atoms with Crippen LogP contribution in [0.2, 0.25) is 0 Å². The van der Waals surface area contributed by atoms with Crippen molar-refractivity contribution in [1.29, 1.82) is 0 Å². The largest absolute Gasteiger partial charge is 0.382 e. The van der Waals surface area contributed by atoms with Crippen molar-refractivity contribution in [1.82, 2.24) is 15.3 Å². The minimum atomic E-state index is -0.172. The Hall–Kier alpha value is -1.65. The molecule has 1 aliphatic carbocycles. The van der Waals surface area contributed by atoms with E-state index in [0.29, 0.717) is 18.1 Å². The number of nitrogens with one attached hydrogen (secondary N) is 1. The van der Waals surface area contributed by atoms with Crippen LogP contribution in [0.5, 0.6) is 0 Å². The first-order valence-corrected chi connectivity index (χ1v) is 6.45. The van der Waals surface area contributed by atoms with E-state index in [0.717, 1.165) is 0 Å². The maximum absolute atomic E-state index is 11.9. The molecule has 5 nitrogen and oxygen atoms in total. The number of anilines is 1. The highest BCUT2D eigenvalue weighted by molar-refractivity contribution is 5.92. The summed E-state index contributed by atoms with van der Waals surface area (Å²) in [6.07, 6.45) is 9.00. The summed E-state index contributed by atoms with van der Waals surface area (Å²) in [6.45, 7) is 2.94. The van der Waals surface area contributed by atoms with Gasteiger partial charge in [-0.1, -0.05) is 26.2 Å². The van der Waals surface area contributed by atoms with Gasteiger partial charge in [-0.3, -0.25) is 4.79 Å². The molecule has 1 fully saturated rings. The van der Waals surface area contributed by atoms with Crippen molar-refractivity contribution >= 4 is 11.7 Å². The molecular weight excluding hydrogens is 228 g/mol. The number of hydrogen-bond acceptors (Lipinski definition) is 4. The molecule has 0 saturated heterocycles. The van der Waals surface area contributed by atoms with Gasteiger partial charge in [0.25, 0.3) is 5.91 Å². The van der Waals surface area contributed by atoms with Crippen LogP contribution in [0.15, 0.2) is 12.4 Å². The van der Waals surface area contributed by atoms with Crippen LogP contribution in [0.4, 0.5) is 5.82 Å². The maximum Gasteiger partial charge on any atom is 0.271 e. The number of rotatable bonds is 3. The fourth-order valence-corrected chi connectivity index (χ4v) is 2.42. The zero-order chi connectivity index (χ0) is 13.0. The number of nitrogens with zero attached hydrogens (tertiary/aromatic N) is 2. The van der Waals surface area contributed by atoms with E-state index in [-0.39, 0.29) is 11.3 Å². The van der Waals surface area contributed by atoms with E-state index in [1.807, 2.05) is 0 Å². The zero-order valence-corrected chi connectivity index (χ0v) is 10.8. The van der Waals surface area contributed by atoms with Gasteiger partial charge >= 0.3 is 0 Å². The Morgan fingerprint density at radius 1 is 1.33 bits per heavy atom. The normalized spacial score (nSPS) is 18.3. The van der Waals surface area contributed by atoms with Gasteiger partial charge in [0.1, 0.15) is 11.5 Å². The zero-order valence-electron chi connectivity index (χ0n) is 10.8. The summed E-state index contributed by atoms with van der Waals surface area (Å²) in [5.41, 5.74) is 5.99. The van der Waals surface area contributed by atoms with Crippen LogP contribution in [0, 0.1) is 5.41 Å². The molecule has 5 heteroatoms. The van der Waals surface area contributed by atoms with E-state index in [1.165, 1.54) is 44.5 Å². The smallest absolute Gasteiger partial charge is 0.271 e. The summed E-state index contributed by atoms with van der Waals surface area (Å²) in [6, 6.07) is 0. The molecule has 0 aromatic carbocycles. The quantitative estimate of drug-likeness (QED) is 0.854. The summed E-state index contributed by atoms with van der Waals surface area (Å²) < 4.78 is 0. The topological polar surface area (TPSA) is 80.9 Å². The lowest BCUT2D eigenvalue weighted by Gasteiger charge is -2.33. The van der Waals surface area contributed by atoms with Crippen molar-refractivity contribution in [2.24, 2.45) is 5.41 Å². The molecule has 1 amide bonds. The third-order valence-electron chi connectivity index (χ3n) is 3.64. The van der Waals surface area contributed by atoms with E-state index >= 15 is 0 Å². The average Bonchev–Trinajstić information content (AvgIpc) is 2.38. The Balaban J connectivity index is 1.89. The number of nitrogen functional groups attached to an aromatic ring is 1. The lowest BCUT2D eigenvalue weighted by molar-refractivity contribution is 0.0914. The van der Waals surface area contributed by atoms with Crippen LogP contribution in [0.1, 0.15) is 49.5 Å². The van der Waals surface area contributed by atoms with Gasteiger partial charge in [0, 0.05) is 6.54 Å². The predicted molar refractivity (Wildman–Crippen MR) is 70.0 cm³/mol. The van der Waals surface area contributed by atoms with Crippen molar-refractivity contribution in [3.63, 3.8) is 0 Å². The molecule has 3 N–H and O–H groups in total. The number of carbonyl (C=O) groups excluding carboxylic acids is 1. The number of carbonyl (C=O) groups is 1. The van der Waals surface area contributed by atoms with Crippen molar-refractivity contribution < 1.29 is 4.79 Å². The van der Waals surface area contributed by atoms with Gasteiger partial charge in [0.15, 0.2) is 0 Å². The summed E-state index contributed by atoms with van der Waals surface area (Å²) in [7, 11) is 0. The van der Waals surface area contributed by atoms with Crippen molar-refractivity contribution in [3.05, 3.63) is 18.1 Å².